The fourth-order valence-corrected chi connectivity index (χ4v) is 2.66. The summed E-state index contributed by atoms with van der Waals surface area (Å²) >= 11 is 6.18. The van der Waals surface area contributed by atoms with E-state index in [9.17, 15) is 0 Å². The molecule has 0 aliphatic heterocycles. The zero-order valence-corrected chi connectivity index (χ0v) is 13.6. The van der Waals surface area contributed by atoms with Crippen LogP contribution in [0.5, 0.6) is 0 Å². The molecule has 0 fully saturated rings. The van der Waals surface area contributed by atoms with Crippen LogP contribution in [0.2, 0.25) is 5.02 Å². The predicted octanol–water partition coefficient (Wildman–Crippen LogP) is 3.04. The van der Waals surface area contributed by atoms with Gasteiger partial charge in [-0.05, 0) is 12.1 Å². The van der Waals surface area contributed by atoms with Crippen molar-refractivity contribution in [2.24, 2.45) is 7.05 Å². The molecule has 7 nitrogen and oxygen atoms in total. The lowest BCUT2D eigenvalue weighted by molar-refractivity contribution is 0.419. The lowest BCUT2D eigenvalue weighted by Crippen LogP contribution is -2.00. The second-order valence-corrected chi connectivity index (χ2v) is 5.73. The molecule has 0 bridgehead atoms. The van der Waals surface area contributed by atoms with E-state index in [1.807, 2.05) is 54.3 Å². The van der Waals surface area contributed by atoms with Crippen LogP contribution in [-0.4, -0.2) is 29.7 Å². The van der Waals surface area contributed by atoms with E-state index in [0.29, 0.717) is 23.0 Å². The molecule has 0 radical (unpaired) electrons. The molecule has 0 saturated carbocycles. The van der Waals surface area contributed by atoms with E-state index >= 15 is 0 Å². The maximum atomic E-state index is 6.18. The van der Waals surface area contributed by atoms with Crippen molar-refractivity contribution in [1.82, 2.24) is 29.7 Å². The molecule has 0 aliphatic rings. The third kappa shape index (κ3) is 2.69. The maximum absolute atomic E-state index is 6.18. The first kappa shape index (κ1) is 14.6. The first-order chi connectivity index (χ1) is 11.7. The molecule has 0 saturated heterocycles. The maximum Gasteiger partial charge on any atom is 0.168 e. The summed E-state index contributed by atoms with van der Waals surface area (Å²) in [5.74, 6) is 1.39. The van der Waals surface area contributed by atoms with Gasteiger partial charge in [-0.15, -0.1) is 5.10 Å². The normalized spacial score (nSPS) is 11.1. The molecule has 4 rings (SSSR count). The van der Waals surface area contributed by atoms with Gasteiger partial charge in [-0.1, -0.05) is 34.1 Å². The summed E-state index contributed by atoms with van der Waals surface area (Å²) in [6.45, 7) is 0.450. The Morgan fingerprint density at radius 3 is 2.92 bits per heavy atom. The molecule has 0 N–H and O–H groups in total. The molecule has 0 unspecified atom stereocenters. The van der Waals surface area contributed by atoms with Crippen LogP contribution in [0.4, 0.5) is 0 Å². The molecule has 120 valence electrons. The average molecular weight is 341 g/mol. The Balaban J connectivity index is 1.56. The molecule has 0 amide bonds. The van der Waals surface area contributed by atoms with Crippen molar-refractivity contribution in [3.05, 3.63) is 59.6 Å². The minimum Gasteiger partial charge on any atom is -0.356 e. The third-order valence-corrected chi connectivity index (χ3v) is 3.94. The van der Waals surface area contributed by atoms with Crippen LogP contribution in [0, 0.1) is 0 Å². The van der Waals surface area contributed by atoms with Gasteiger partial charge in [0.15, 0.2) is 11.6 Å². The van der Waals surface area contributed by atoms with Crippen LogP contribution in [0.15, 0.2) is 53.4 Å². The van der Waals surface area contributed by atoms with Gasteiger partial charge in [0.25, 0.3) is 0 Å². The molecular weight excluding hydrogens is 328 g/mol. The molecule has 3 aromatic heterocycles. The SMILES string of the molecule is Cn1ccnc1-c1cn(Cc2cc(-c3ccccc3Cl)on2)nn1. The van der Waals surface area contributed by atoms with Crippen molar-refractivity contribution in [3.63, 3.8) is 0 Å². The Bertz CT molecular complexity index is 986. The fraction of sp³-hybridized carbons (Fsp3) is 0.125. The first-order valence-corrected chi connectivity index (χ1v) is 7.67. The van der Waals surface area contributed by atoms with E-state index in [1.165, 1.54) is 0 Å². The number of halogens is 1. The Morgan fingerprint density at radius 1 is 1.25 bits per heavy atom. The standard InChI is InChI=1S/C16H13ClN6O/c1-22-7-6-18-16(22)14-10-23(21-19-14)9-11-8-15(24-20-11)12-4-2-3-5-13(12)17/h2-8,10H,9H2,1H3. The van der Waals surface area contributed by atoms with Crippen LogP contribution in [0.25, 0.3) is 22.8 Å². The van der Waals surface area contributed by atoms with Gasteiger partial charge in [-0.2, -0.15) is 0 Å². The fourth-order valence-electron chi connectivity index (χ4n) is 2.43. The van der Waals surface area contributed by atoms with Gasteiger partial charge in [-0.25, -0.2) is 9.67 Å². The highest BCUT2D eigenvalue weighted by Gasteiger charge is 2.12. The molecule has 0 atom stereocenters. The minimum absolute atomic E-state index is 0.450. The van der Waals surface area contributed by atoms with Crippen LogP contribution >= 0.6 is 11.6 Å². The molecule has 0 aliphatic carbocycles. The van der Waals surface area contributed by atoms with Crippen molar-refractivity contribution in [1.29, 1.82) is 0 Å². The number of hydrogen-bond acceptors (Lipinski definition) is 5. The van der Waals surface area contributed by atoms with Crippen molar-refractivity contribution in [3.8, 4) is 22.8 Å². The lowest BCUT2D eigenvalue weighted by Gasteiger charge is -1.97. The Labute approximate surface area is 142 Å². The largest absolute Gasteiger partial charge is 0.356 e. The van der Waals surface area contributed by atoms with Crippen LogP contribution in [0.1, 0.15) is 5.69 Å². The number of imidazole rings is 1. The van der Waals surface area contributed by atoms with E-state index < -0.39 is 0 Å². The number of rotatable bonds is 4. The highest BCUT2D eigenvalue weighted by atomic mass is 35.5. The molecule has 0 spiro atoms. The van der Waals surface area contributed by atoms with E-state index in [0.717, 1.165) is 17.1 Å². The van der Waals surface area contributed by atoms with Crippen molar-refractivity contribution >= 4 is 11.6 Å². The average Bonchev–Trinajstić information content (AvgIpc) is 3.29. The van der Waals surface area contributed by atoms with Gasteiger partial charge >= 0.3 is 0 Å². The Kier molecular flexibility index (Phi) is 3.62. The van der Waals surface area contributed by atoms with Gasteiger partial charge in [0.05, 0.1) is 17.8 Å². The van der Waals surface area contributed by atoms with Crippen LogP contribution in [-0.2, 0) is 13.6 Å². The lowest BCUT2D eigenvalue weighted by atomic mass is 10.1. The molecular formula is C16H13ClN6O. The highest BCUT2D eigenvalue weighted by Crippen LogP contribution is 2.28. The van der Waals surface area contributed by atoms with E-state index in [1.54, 1.807) is 10.9 Å². The number of benzene rings is 1. The first-order valence-electron chi connectivity index (χ1n) is 7.29. The van der Waals surface area contributed by atoms with Gasteiger partial charge in [-0.3, -0.25) is 0 Å². The van der Waals surface area contributed by atoms with E-state index in [2.05, 4.69) is 20.5 Å². The molecule has 4 aromatic rings. The predicted molar refractivity (Wildman–Crippen MR) is 88.3 cm³/mol. The smallest absolute Gasteiger partial charge is 0.168 e. The number of aromatic nitrogens is 6. The molecule has 8 heteroatoms. The highest BCUT2D eigenvalue weighted by molar-refractivity contribution is 6.33. The number of nitrogens with zero attached hydrogens (tertiary/aromatic N) is 6. The summed E-state index contributed by atoms with van der Waals surface area (Å²) in [6.07, 6.45) is 5.41. The van der Waals surface area contributed by atoms with Gasteiger partial charge < -0.3 is 9.09 Å². The second-order valence-electron chi connectivity index (χ2n) is 5.33. The molecule has 24 heavy (non-hydrogen) atoms. The zero-order chi connectivity index (χ0) is 16.5. The van der Waals surface area contributed by atoms with Crippen LogP contribution in [0.3, 0.4) is 0 Å². The molecule has 3 heterocycles. The van der Waals surface area contributed by atoms with E-state index in [4.69, 9.17) is 16.1 Å². The second kappa shape index (κ2) is 5.93. The summed E-state index contributed by atoms with van der Waals surface area (Å²) in [5, 5.41) is 13.0. The number of aryl methyl sites for hydroxylation is 1. The van der Waals surface area contributed by atoms with Crippen molar-refractivity contribution in [2.45, 2.75) is 6.54 Å². The van der Waals surface area contributed by atoms with E-state index in [-0.39, 0.29) is 0 Å². The third-order valence-electron chi connectivity index (χ3n) is 3.61. The monoisotopic (exact) mass is 340 g/mol. The number of hydrogen-bond donors (Lipinski definition) is 0. The van der Waals surface area contributed by atoms with Crippen molar-refractivity contribution < 1.29 is 4.52 Å². The van der Waals surface area contributed by atoms with Gasteiger partial charge in [0, 0.05) is 31.1 Å². The summed E-state index contributed by atoms with van der Waals surface area (Å²) in [6, 6.07) is 9.33. The summed E-state index contributed by atoms with van der Waals surface area (Å²) < 4.78 is 8.97. The summed E-state index contributed by atoms with van der Waals surface area (Å²) in [5.41, 5.74) is 2.25. The topological polar surface area (TPSA) is 74.6 Å². The minimum atomic E-state index is 0.450. The summed E-state index contributed by atoms with van der Waals surface area (Å²) in [7, 11) is 1.91. The van der Waals surface area contributed by atoms with Gasteiger partial charge in [0.1, 0.15) is 11.4 Å². The Hall–Kier alpha value is -2.93. The Morgan fingerprint density at radius 2 is 2.12 bits per heavy atom. The van der Waals surface area contributed by atoms with Gasteiger partial charge in [0.2, 0.25) is 0 Å². The van der Waals surface area contributed by atoms with Crippen LogP contribution < -0.4 is 0 Å². The zero-order valence-electron chi connectivity index (χ0n) is 12.8. The summed E-state index contributed by atoms with van der Waals surface area (Å²) in [4.78, 5) is 4.26. The quantitative estimate of drug-likeness (QED) is 0.571. The molecule has 1 aromatic carbocycles. The van der Waals surface area contributed by atoms with Crippen molar-refractivity contribution in [2.75, 3.05) is 0 Å².